The van der Waals surface area contributed by atoms with Gasteiger partial charge in [0.2, 0.25) is 0 Å². The number of esters is 1. The van der Waals surface area contributed by atoms with Crippen LogP contribution in [0.25, 0.3) is 10.2 Å². The van der Waals surface area contributed by atoms with Gasteiger partial charge in [-0.1, -0.05) is 29.8 Å². The first-order valence-electron chi connectivity index (χ1n) is 9.40. The van der Waals surface area contributed by atoms with Gasteiger partial charge in [-0.15, -0.1) is 11.3 Å². The number of thiazole rings is 1. The van der Waals surface area contributed by atoms with E-state index in [-0.39, 0.29) is 31.6 Å². The lowest BCUT2D eigenvalue weighted by atomic mass is 10.2. The molecule has 0 aliphatic rings. The molecule has 0 unspecified atom stereocenters. The van der Waals surface area contributed by atoms with Gasteiger partial charge in [-0.2, -0.15) is 0 Å². The molecule has 7 heteroatoms. The predicted octanol–water partition coefficient (Wildman–Crippen LogP) is 4.14. The van der Waals surface area contributed by atoms with Crippen LogP contribution in [0, 0.1) is 6.92 Å². The Hall–Kier alpha value is -2.93. The van der Waals surface area contributed by atoms with Crippen LogP contribution in [-0.4, -0.2) is 42.0 Å². The van der Waals surface area contributed by atoms with E-state index < -0.39 is 5.97 Å². The van der Waals surface area contributed by atoms with Crippen molar-refractivity contribution in [3.05, 3.63) is 59.1 Å². The molecule has 152 valence electrons. The quantitative estimate of drug-likeness (QED) is 0.520. The van der Waals surface area contributed by atoms with E-state index in [9.17, 15) is 9.59 Å². The lowest BCUT2D eigenvalue weighted by molar-refractivity contribution is -0.152. The van der Waals surface area contributed by atoms with Crippen LogP contribution in [-0.2, 0) is 14.3 Å². The predicted molar refractivity (Wildman–Crippen MR) is 113 cm³/mol. The fourth-order valence-electron chi connectivity index (χ4n) is 2.65. The van der Waals surface area contributed by atoms with Gasteiger partial charge in [0.05, 0.1) is 29.3 Å². The van der Waals surface area contributed by atoms with E-state index in [1.807, 2.05) is 62.4 Å². The molecule has 3 rings (SSSR count). The van der Waals surface area contributed by atoms with Crippen molar-refractivity contribution >= 4 is 33.4 Å². The number of amides is 1. The van der Waals surface area contributed by atoms with Gasteiger partial charge in [-0.25, -0.2) is 4.98 Å². The van der Waals surface area contributed by atoms with Crippen molar-refractivity contribution in [1.29, 1.82) is 0 Å². The van der Waals surface area contributed by atoms with Gasteiger partial charge in [0.25, 0.3) is 5.91 Å². The molecule has 3 aromatic rings. The molecule has 1 aromatic heterocycles. The Morgan fingerprint density at radius 2 is 1.86 bits per heavy atom. The normalized spacial score (nSPS) is 11.8. The molecule has 0 saturated carbocycles. The molecule has 1 heterocycles. The van der Waals surface area contributed by atoms with Gasteiger partial charge in [0.1, 0.15) is 10.8 Å². The summed E-state index contributed by atoms with van der Waals surface area (Å²) in [5.74, 6) is -0.0417. The summed E-state index contributed by atoms with van der Waals surface area (Å²) in [6.45, 7) is 3.81. The summed E-state index contributed by atoms with van der Waals surface area (Å²) in [5.41, 5.74) is 2.06. The number of ether oxygens (including phenoxy) is 2. The second-order valence-electron chi connectivity index (χ2n) is 6.77. The highest BCUT2D eigenvalue weighted by Crippen LogP contribution is 2.28. The molecule has 1 amide bonds. The molecule has 0 aliphatic carbocycles. The van der Waals surface area contributed by atoms with E-state index >= 15 is 0 Å². The van der Waals surface area contributed by atoms with Crippen LogP contribution in [0.4, 0.5) is 0 Å². The molecule has 0 bridgehead atoms. The Kier molecular flexibility index (Phi) is 6.82. The highest BCUT2D eigenvalue weighted by Gasteiger charge is 2.21. The van der Waals surface area contributed by atoms with E-state index in [4.69, 9.17) is 9.47 Å². The summed E-state index contributed by atoms with van der Waals surface area (Å²) in [6, 6.07) is 15.2. The van der Waals surface area contributed by atoms with Crippen LogP contribution >= 0.6 is 11.3 Å². The molecule has 29 heavy (non-hydrogen) atoms. The zero-order chi connectivity index (χ0) is 20.8. The fraction of sp³-hybridized carbons (Fsp3) is 0.318. The molecule has 0 spiro atoms. The number of nitrogens with zero attached hydrogens (tertiary/aromatic N) is 2. The fourth-order valence-corrected chi connectivity index (χ4v) is 3.72. The lowest BCUT2D eigenvalue weighted by Crippen LogP contribution is -2.33. The number of aromatic nitrogens is 1. The Bertz CT molecular complexity index is 951. The first-order chi connectivity index (χ1) is 13.9. The zero-order valence-electron chi connectivity index (χ0n) is 16.8. The highest BCUT2D eigenvalue weighted by atomic mass is 32.1. The van der Waals surface area contributed by atoms with E-state index in [1.54, 1.807) is 23.3 Å². The first kappa shape index (κ1) is 20.8. The SMILES string of the molecule is Cc1ccc(OCCC(=O)OCC(=O)N(C)[C@@H](C)c2nc3ccccc3s2)cc1. The van der Waals surface area contributed by atoms with Gasteiger partial charge in [0.15, 0.2) is 6.61 Å². The van der Waals surface area contributed by atoms with E-state index in [1.165, 1.54) is 0 Å². The second-order valence-corrected chi connectivity index (χ2v) is 7.83. The molecule has 0 radical (unpaired) electrons. The maximum atomic E-state index is 12.4. The van der Waals surface area contributed by atoms with E-state index in [0.717, 1.165) is 20.8 Å². The van der Waals surface area contributed by atoms with Crippen molar-refractivity contribution in [2.75, 3.05) is 20.3 Å². The topological polar surface area (TPSA) is 68.7 Å². The van der Waals surface area contributed by atoms with Crippen molar-refractivity contribution in [1.82, 2.24) is 9.88 Å². The molecule has 0 saturated heterocycles. The standard InChI is InChI=1S/C22H24N2O4S/c1-15-8-10-17(11-9-15)27-13-12-21(26)28-14-20(25)24(3)16(2)22-23-18-6-4-5-7-19(18)29-22/h4-11,16H,12-14H2,1-3H3/t16-/m0/s1. The van der Waals surface area contributed by atoms with Crippen molar-refractivity contribution in [2.24, 2.45) is 0 Å². The number of hydrogen-bond donors (Lipinski definition) is 0. The third-order valence-electron chi connectivity index (χ3n) is 4.59. The smallest absolute Gasteiger partial charge is 0.309 e. The summed E-state index contributed by atoms with van der Waals surface area (Å²) in [5, 5.41) is 0.847. The lowest BCUT2D eigenvalue weighted by Gasteiger charge is -2.23. The van der Waals surface area contributed by atoms with Gasteiger partial charge in [-0.3, -0.25) is 9.59 Å². The van der Waals surface area contributed by atoms with Gasteiger partial charge in [-0.05, 0) is 38.1 Å². The summed E-state index contributed by atoms with van der Waals surface area (Å²) in [7, 11) is 1.69. The van der Waals surface area contributed by atoms with Crippen molar-refractivity contribution in [3.8, 4) is 5.75 Å². The minimum Gasteiger partial charge on any atom is -0.493 e. The number of para-hydroxylation sites is 1. The number of carbonyl (C=O) groups excluding carboxylic acids is 2. The Morgan fingerprint density at radius 1 is 1.14 bits per heavy atom. The van der Waals surface area contributed by atoms with Crippen molar-refractivity contribution in [2.45, 2.75) is 26.3 Å². The van der Waals surface area contributed by atoms with Gasteiger partial charge < -0.3 is 14.4 Å². The minimum atomic E-state index is -0.466. The van der Waals surface area contributed by atoms with Gasteiger partial charge in [0, 0.05) is 7.05 Å². The molecule has 0 N–H and O–H groups in total. The molecular formula is C22H24N2O4S. The maximum Gasteiger partial charge on any atom is 0.309 e. The van der Waals surface area contributed by atoms with E-state index in [2.05, 4.69) is 4.98 Å². The van der Waals surface area contributed by atoms with Crippen LogP contribution in [0.2, 0.25) is 0 Å². The Morgan fingerprint density at radius 3 is 2.59 bits per heavy atom. The van der Waals surface area contributed by atoms with Crippen LogP contribution in [0.3, 0.4) is 0 Å². The molecule has 6 nitrogen and oxygen atoms in total. The van der Waals surface area contributed by atoms with Crippen molar-refractivity contribution < 1.29 is 19.1 Å². The number of rotatable bonds is 8. The summed E-state index contributed by atoms with van der Waals surface area (Å²) in [6.07, 6.45) is 0.0816. The molecule has 0 fully saturated rings. The number of aryl methyl sites for hydroxylation is 1. The van der Waals surface area contributed by atoms with Crippen LogP contribution in [0.1, 0.15) is 30.0 Å². The van der Waals surface area contributed by atoms with Crippen LogP contribution in [0.5, 0.6) is 5.75 Å². The minimum absolute atomic E-state index is 0.0816. The summed E-state index contributed by atoms with van der Waals surface area (Å²) in [4.78, 5) is 30.4. The number of carbonyl (C=O) groups is 2. The zero-order valence-corrected chi connectivity index (χ0v) is 17.6. The number of benzene rings is 2. The van der Waals surface area contributed by atoms with Crippen molar-refractivity contribution in [3.63, 3.8) is 0 Å². The number of hydrogen-bond acceptors (Lipinski definition) is 6. The molecule has 0 aliphatic heterocycles. The third-order valence-corrected chi connectivity index (χ3v) is 5.80. The first-order valence-corrected chi connectivity index (χ1v) is 10.2. The Balaban J connectivity index is 1.43. The third kappa shape index (κ3) is 5.54. The molecular weight excluding hydrogens is 388 g/mol. The maximum absolute atomic E-state index is 12.4. The average molecular weight is 413 g/mol. The monoisotopic (exact) mass is 412 g/mol. The molecule has 2 aromatic carbocycles. The van der Waals surface area contributed by atoms with E-state index in [0.29, 0.717) is 5.75 Å². The van der Waals surface area contributed by atoms with Gasteiger partial charge >= 0.3 is 5.97 Å². The molecule has 1 atom stereocenters. The Labute approximate surface area is 174 Å². The van der Waals surface area contributed by atoms with Crippen LogP contribution < -0.4 is 4.74 Å². The number of fused-ring (bicyclic) bond motifs is 1. The average Bonchev–Trinajstić information content (AvgIpc) is 3.16. The summed E-state index contributed by atoms with van der Waals surface area (Å²) < 4.78 is 11.7. The highest BCUT2D eigenvalue weighted by molar-refractivity contribution is 7.18. The summed E-state index contributed by atoms with van der Waals surface area (Å²) >= 11 is 1.56. The largest absolute Gasteiger partial charge is 0.493 e. The second kappa shape index (κ2) is 9.52. The van der Waals surface area contributed by atoms with Crippen LogP contribution in [0.15, 0.2) is 48.5 Å². The number of likely N-dealkylation sites (N-methyl/N-ethyl adjacent to an activating group) is 1.